The topological polar surface area (TPSA) is 72.9 Å². The summed E-state index contributed by atoms with van der Waals surface area (Å²) in [6.07, 6.45) is 1.21. The summed E-state index contributed by atoms with van der Waals surface area (Å²) in [5, 5.41) is 0. The van der Waals surface area contributed by atoms with Crippen LogP contribution in [0.3, 0.4) is 0 Å². The van der Waals surface area contributed by atoms with E-state index in [1.807, 2.05) is 65.0 Å². The van der Waals surface area contributed by atoms with Gasteiger partial charge in [-0.3, -0.25) is 4.79 Å². The molecule has 1 aliphatic rings. The normalized spacial score (nSPS) is 22.1. The number of esters is 1. The second-order valence-corrected chi connectivity index (χ2v) is 12.8. The van der Waals surface area contributed by atoms with Crippen molar-refractivity contribution in [1.29, 1.82) is 0 Å². The summed E-state index contributed by atoms with van der Waals surface area (Å²) >= 11 is 0. The monoisotopic (exact) mass is 555 g/mol. The van der Waals surface area contributed by atoms with Crippen LogP contribution in [0.5, 0.6) is 5.75 Å². The number of likely N-dealkylation sites (tertiary alicyclic amines) is 1. The van der Waals surface area contributed by atoms with Crippen LogP contribution in [0.2, 0.25) is 0 Å². The van der Waals surface area contributed by atoms with Gasteiger partial charge >= 0.3 is 21.6 Å². The summed E-state index contributed by atoms with van der Waals surface area (Å²) in [4.78, 5) is 15.3. The highest BCUT2D eigenvalue weighted by Gasteiger charge is 2.49. The van der Waals surface area contributed by atoms with Crippen LogP contribution >= 0.6 is 0 Å². The van der Waals surface area contributed by atoms with Crippen molar-refractivity contribution < 1.29 is 35.3 Å². The number of nitrogens with zero attached hydrogens (tertiary/aromatic N) is 1. The summed E-state index contributed by atoms with van der Waals surface area (Å²) in [6, 6.07) is 15.6. The Morgan fingerprint density at radius 1 is 1.11 bits per heavy atom. The number of rotatable bonds is 8. The molecule has 1 fully saturated rings. The summed E-state index contributed by atoms with van der Waals surface area (Å²) in [5.74, 6) is -0.930. The number of carbonyl (C=O) groups is 1. The minimum Gasteiger partial charge on any atom is -0.460 e. The Hall–Kier alpha value is -2.59. The molecule has 3 rings (SSSR count). The van der Waals surface area contributed by atoms with Crippen molar-refractivity contribution >= 4 is 16.1 Å². The van der Waals surface area contributed by atoms with E-state index in [4.69, 9.17) is 4.74 Å². The Morgan fingerprint density at radius 2 is 1.76 bits per heavy atom. The Balaban J connectivity index is 1.75. The van der Waals surface area contributed by atoms with Crippen LogP contribution in [-0.2, 0) is 31.5 Å². The van der Waals surface area contributed by atoms with Crippen molar-refractivity contribution in [3.63, 3.8) is 0 Å². The molecule has 0 N–H and O–H groups in total. The average Bonchev–Trinajstić information content (AvgIpc) is 2.80. The van der Waals surface area contributed by atoms with E-state index >= 15 is 0 Å². The van der Waals surface area contributed by atoms with Gasteiger partial charge in [0.05, 0.1) is 5.92 Å². The number of hydrogen-bond acceptors (Lipinski definition) is 6. The molecule has 210 valence electrons. The average molecular weight is 556 g/mol. The molecule has 2 aromatic rings. The first-order valence-electron chi connectivity index (χ1n) is 12.6. The third kappa shape index (κ3) is 7.50. The molecule has 0 radical (unpaired) electrons. The van der Waals surface area contributed by atoms with Crippen molar-refractivity contribution in [1.82, 2.24) is 4.90 Å². The highest BCUT2D eigenvalue weighted by Crippen LogP contribution is 2.41. The number of piperidine rings is 1. The number of alkyl halides is 3. The highest BCUT2D eigenvalue weighted by atomic mass is 32.2. The minimum atomic E-state index is -5.75. The van der Waals surface area contributed by atoms with Gasteiger partial charge in [-0.25, -0.2) is 0 Å². The van der Waals surface area contributed by atoms with Gasteiger partial charge in [-0.05, 0) is 74.8 Å². The molecule has 0 amide bonds. The van der Waals surface area contributed by atoms with Crippen LogP contribution < -0.4 is 4.18 Å². The first kappa shape index (κ1) is 30.0. The Kier molecular flexibility index (Phi) is 8.88. The lowest BCUT2D eigenvalue weighted by Gasteiger charge is -2.46. The number of halogens is 3. The zero-order valence-corrected chi connectivity index (χ0v) is 23.2. The molecule has 0 saturated carbocycles. The molecular formula is C28H36F3NO5S. The number of carbonyl (C=O) groups excluding carboxylic acids is 1. The molecule has 2 aromatic carbocycles. The van der Waals surface area contributed by atoms with E-state index in [-0.39, 0.29) is 23.6 Å². The van der Waals surface area contributed by atoms with Gasteiger partial charge in [0.15, 0.2) is 0 Å². The predicted octanol–water partition coefficient (Wildman–Crippen LogP) is 5.72. The summed E-state index contributed by atoms with van der Waals surface area (Å²) in [7, 11) is -5.75. The van der Waals surface area contributed by atoms with Gasteiger partial charge in [-0.2, -0.15) is 21.6 Å². The van der Waals surface area contributed by atoms with E-state index in [1.54, 1.807) is 6.07 Å². The maximum absolute atomic E-state index is 13.1. The smallest absolute Gasteiger partial charge is 0.460 e. The highest BCUT2D eigenvalue weighted by molar-refractivity contribution is 7.88. The molecule has 3 atom stereocenters. The van der Waals surface area contributed by atoms with Crippen LogP contribution in [-0.4, -0.2) is 50.0 Å². The SMILES string of the molecule is C[C@H]1CN(CC(Cc2ccccc2)C(=O)OC(C)(C)C)CC[C@@]1(C)c1cccc(OS(=O)(=O)C(F)(F)F)c1. The second kappa shape index (κ2) is 11.3. The fraction of sp³-hybridized carbons (Fsp3) is 0.536. The molecule has 1 saturated heterocycles. The molecule has 0 bridgehead atoms. The Labute approximate surface area is 223 Å². The number of ether oxygens (including phenoxy) is 1. The molecule has 6 nitrogen and oxygen atoms in total. The van der Waals surface area contributed by atoms with Gasteiger partial charge in [-0.15, -0.1) is 0 Å². The van der Waals surface area contributed by atoms with E-state index in [9.17, 15) is 26.4 Å². The fourth-order valence-corrected chi connectivity index (χ4v) is 5.26. The van der Waals surface area contributed by atoms with Gasteiger partial charge in [0.1, 0.15) is 11.4 Å². The maximum atomic E-state index is 13.1. The van der Waals surface area contributed by atoms with E-state index in [0.717, 1.165) is 5.56 Å². The number of hydrogen-bond donors (Lipinski definition) is 0. The van der Waals surface area contributed by atoms with Crippen LogP contribution in [0.25, 0.3) is 0 Å². The zero-order chi connectivity index (χ0) is 28.4. The lowest BCUT2D eigenvalue weighted by atomic mass is 9.68. The first-order valence-corrected chi connectivity index (χ1v) is 14.0. The summed E-state index contributed by atoms with van der Waals surface area (Å²) in [6.45, 7) is 11.4. The lowest BCUT2D eigenvalue weighted by molar-refractivity contribution is -0.160. The van der Waals surface area contributed by atoms with Gasteiger partial charge in [-0.1, -0.05) is 56.3 Å². The molecule has 1 aliphatic heterocycles. The van der Waals surface area contributed by atoms with Gasteiger partial charge in [0.25, 0.3) is 0 Å². The largest absolute Gasteiger partial charge is 0.534 e. The van der Waals surface area contributed by atoms with Crippen molar-refractivity contribution in [3.05, 3.63) is 65.7 Å². The van der Waals surface area contributed by atoms with E-state index in [1.165, 1.54) is 18.2 Å². The van der Waals surface area contributed by atoms with Crippen molar-refractivity contribution in [3.8, 4) is 5.75 Å². The molecule has 0 spiro atoms. The molecule has 0 aliphatic carbocycles. The lowest BCUT2D eigenvalue weighted by Crippen LogP contribution is -2.49. The van der Waals surface area contributed by atoms with Crippen LogP contribution in [0.1, 0.15) is 52.2 Å². The summed E-state index contributed by atoms with van der Waals surface area (Å²) < 4.78 is 71.4. The molecule has 1 unspecified atom stereocenters. The predicted molar refractivity (Wildman–Crippen MR) is 139 cm³/mol. The standard InChI is InChI=1S/C28H36F3NO5S/c1-20-18-32(19-22(25(33)36-26(2,3)4)16-21-10-7-6-8-11-21)15-14-27(20,5)23-12-9-13-24(17-23)37-38(34,35)28(29,30)31/h6-13,17,20,22H,14-16,18-19H2,1-5H3/t20-,22?,27+/m0/s1. The van der Waals surface area contributed by atoms with E-state index < -0.39 is 26.6 Å². The van der Waals surface area contributed by atoms with Crippen LogP contribution in [0.4, 0.5) is 13.2 Å². The van der Waals surface area contributed by atoms with Gasteiger partial charge in [0.2, 0.25) is 0 Å². The molecular weight excluding hydrogens is 519 g/mol. The van der Waals surface area contributed by atoms with Gasteiger partial charge < -0.3 is 13.8 Å². The van der Waals surface area contributed by atoms with Crippen LogP contribution in [0, 0.1) is 11.8 Å². The summed E-state index contributed by atoms with van der Waals surface area (Å²) in [5.41, 5.74) is -4.79. The maximum Gasteiger partial charge on any atom is 0.534 e. The first-order chi connectivity index (χ1) is 17.5. The zero-order valence-electron chi connectivity index (χ0n) is 22.4. The molecule has 0 aromatic heterocycles. The quantitative estimate of drug-likeness (QED) is 0.236. The van der Waals surface area contributed by atoms with Crippen LogP contribution in [0.15, 0.2) is 54.6 Å². The van der Waals surface area contributed by atoms with Crippen molar-refractivity contribution in [2.75, 3.05) is 19.6 Å². The second-order valence-electron chi connectivity index (χ2n) is 11.3. The molecule has 1 heterocycles. The Morgan fingerprint density at radius 3 is 2.34 bits per heavy atom. The number of benzene rings is 2. The third-order valence-electron chi connectivity index (χ3n) is 7.09. The van der Waals surface area contributed by atoms with E-state index in [2.05, 4.69) is 9.08 Å². The third-order valence-corrected chi connectivity index (χ3v) is 8.07. The molecule has 38 heavy (non-hydrogen) atoms. The van der Waals surface area contributed by atoms with Gasteiger partial charge in [0, 0.05) is 13.1 Å². The minimum absolute atomic E-state index is 0.0572. The van der Waals surface area contributed by atoms with Crippen molar-refractivity contribution in [2.24, 2.45) is 11.8 Å². The van der Waals surface area contributed by atoms with Crippen molar-refractivity contribution in [2.45, 2.75) is 64.0 Å². The fourth-order valence-electron chi connectivity index (χ4n) is 4.81. The Bertz CT molecular complexity index is 1210. The molecule has 10 heteroatoms. The van der Waals surface area contributed by atoms with E-state index in [0.29, 0.717) is 38.0 Å².